The fourth-order valence-electron chi connectivity index (χ4n) is 1.51. The first kappa shape index (κ1) is 12.9. The molecule has 0 unspecified atom stereocenters. The molecule has 1 aromatic carbocycles. The Balaban J connectivity index is 2.34. The molecule has 0 bridgehead atoms. The van der Waals surface area contributed by atoms with Gasteiger partial charge in [-0.3, -0.25) is 0 Å². The number of halogens is 3. The number of rotatable bonds is 2. The monoisotopic (exact) mass is 377 g/mol. The zero-order valence-electron chi connectivity index (χ0n) is 9.04. The zero-order chi connectivity index (χ0) is 12.6. The van der Waals surface area contributed by atoms with Crippen LogP contribution in [0.3, 0.4) is 0 Å². The van der Waals surface area contributed by atoms with E-state index >= 15 is 0 Å². The third kappa shape index (κ3) is 2.67. The van der Waals surface area contributed by atoms with Gasteiger partial charge in [0.1, 0.15) is 5.82 Å². The summed E-state index contributed by atoms with van der Waals surface area (Å²) in [6, 6.07) is 5.67. The second-order valence-electron chi connectivity index (χ2n) is 3.68. The minimum atomic E-state index is 0.607. The molecule has 0 radical (unpaired) electrons. The van der Waals surface area contributed by atoms with E-state index < -0.39 is 0 Å². The summed E-state index contributed by atoms with van der Waals surface area (Å²) in [5.74, 6) is 0.629. The van der Waals surface area contributed by atoms with Crippen molar-refractivity contribution in [2.75, 3.05) is 5.73 Å². The highest BCUT2D eigenvalue weighted by Gasteiger charge is 2.11. The van der Waals surface area contributed by atoms with Crippen molar-refractivity contribution in [2.45, 2.75) is 13.5 Å². The molecule has 17 heavy (non-hydrogen) atoms. The van der Waals surface area contributed by atoms with Crippen LogP contribution in [0.2, 0.25) is 5.02 Å². The SMILES string of the molecule is Cc1nn(Cc2ccc(Cl)cc2Br)c(N)c1Br. The Bertz CT molecular complexity index is 566. The molecule has 0 fully saturated rings. The molecule has 0 aliphatic rings. The predicted octanol–water partition coefficient (Wildman–Crippen LogP) is 4.00. The first-order chi connectivity index (χ1) is 7.99. The molecule has 6 heteroatoms. The van der Waals surface area contributed by atoms with Gasteiger partial charge in [0.2, 0.25) is 0 Å². The Labute approximate surface area is 121 Å². The smallest absolute Gasteiger partial charge is 0.136 e. The number of aromatic nitrogens is 2. The van der Waals surface area contributed by atoms with Crippen molar-refractivity contribution in [3.8, 4) is 0 Å². The second kappa shape index (κ2) is 5.00. The molecule has 2 N–H and O–H groups in total. The Morgan fingerprint density at radius 3 is 2.65 bits per heavy atom. The number of aryl methyl sites for hydroxylation is 1. The fraction of sp³-hybridized carbons (Fsp3) is 0.182. The number of hydrogen-bond donors (Lipinski definition) is 1. The number of nitrogens with two attached hydrogens (primary N) is 1. The molecule has 0 spiro atoms. The van der Waals surface area contributed by atoms with Gasteiger partial charge in [-0.05, 0) is 40.5 Å². The van der Waals surface area contributed by atoms with Crippen molar-refractivity contribution in [1.29, 1.82) is 0 Å². The highest BCUT2D eigenvalue weighted by Crippen LogP contribution is 2.26. The van der Waals surface area contributed by atoms with Gasteiger partial charge >= 0.3 is 0 Å². The van der Waals surface area contributed by atoms with Crippen LogP contribution in [-0.2, 0) is 6.54 Å². The molecule has 0 saturated heterocycles. The van der Waals surface area contributed by atoms with E-state index in [1.807, 2.05) is 25.1 Å². The van der Waals surface area contributed by atoms with Crippen molar-refractivity contribution < 1.29 is 0 Å². The summed E-state index contributed by atoms with van der Waals surface area (Å²) in [6.07, 6.45) is 0. The average molecular weight is 379 g/mol. The molecule has 2 rings (SSSR count). The van der Waals surface area contributed by atoms with E-state index in [-0.39, 0.29) is 0 Å². The average Bonchev–Trinajstić information content (AvgIpc) is 2.50. The van der Waals surface area contributed by atoms with Crippen LogP contribution in [0.5, 0.6) is 0 Å². The van der Waals surface area contributed by atoms with Crippen molar-refractivity contribution >= 4 is 49.3 Å². The van der Waals surface area contributed by atoms with Crippen molar-refractivity contribution in [3.63, 3.8) is 0 Å². The summed E-state index contributed by atoms with van der Waals surface area (Å²) in [7, 11) is 0. The topological polar surface area (TPSA) is 43.8 Å². The Kier molecular flexibility index (Phi) is 3.80. The molecule has 0 atom stereocenters. The van der Waals surface area contributed by atoms with E-state index in [9.17, 15) is 0 Å². The summed E-state index contributed by atoms with van der Waals surface area (Å²) in [4.78, 5) is 0. The summed E-state index contributed by atoms with van der Waals surface area (Å²) in [6.45, 7) is 2.52. The van der Waals surface area contributed by atoms with E-state index in [1.54, 1.807) is 4.68 Å². The van der Waals surface area contributed by atoms with Gasteiger partial charge in [-0.15, -0.1) is 0 Å². The van der Waals surface area contributed by atoms with E-state index in [2.05, 4.69) is 37.0 Å². The maximum atomic E-state index is 5.94. The van der Waals surface area contributed by atoms with Crippen LogP contribution in [0.4, 0.5) is 5.82 Å². The van der Waals surface area contributed by atoms with Gasteiger partial charge in [0.15, 0.2) is 0 Å². The molecule has 1 heterocycles. The van der Waals surface area contributed by atoms with Crippen molar-refractivity contribution in [1.82, 2.24) is 9.78 Å². The quantitative estimate of drug-likeness (QED) is 0.857. The highest BCUT2D eigenvalue weighted by atomic mass is 79.9. The molecule has 0 saturated carbocycles. The number of benzene rings is 1. The van der Waals surface area contributed by atoms with Gasteiger partial charge in [-0.25, -0.2) is 4.68 Å². The Hall–Kier alpha value is -0.520. The van der Waals surface area contributed by atoms with Crippen molar-refractivity contribution in [3.05, 3.63) is 43.4 Å². The number of nitrogen functional groups attached to an aromatic ring is 1. The molecular formula is C11H10Br2ClN3. The van der Waals surface area contributed by atoms with Gasteiger partial charge in [0.25, 0.3) is 0 Å². The van der Waals surface area contributed by atoms with E-state index in [0.29, 0.717) is 17.4 Å². The number of hydrogen-bond acceptors (Lipinski definition) is 2. The minimum Gasteiger partial charge on any atom is -0.383 e. The summed E-state index contributed by atoms with van der Waals surface area (Å²) in [5.41, 5.74) is 7.91. The lowest BCUT2D eigenvalue weighted by Crippen LogP contribution is -2.06. The van der Waals surface area contributed by atoms with Crippen LogP contribution >= 0.6 is 43.5 Å². The molecular weight excluding hydrogens is 369 g/mol. The van der Waals surface area contributed by atoms with Crippen LogP contribution in [0.25, 0.3) is 0 Å². The second-order valence-corrected chi connectivity index (χ2v) is 5.76. The summed E-state index contributed by atoms with van der Waals surface area (Å²) in [5, 5.41) is 5.06. The lowest BCUT2D eigenvalue weighted by molar-refractivity contribution is 0.687. The van der Waals surface area contributed by atoms with E-state index in [1.165, 1.54) is 0 Å². The number of nitrogens with zero attached hydrogens (tertiary/aromatic N) is 2. The van der Waals surface area contributed by atoms with Crippen LogP contribution in [0, 0.1) is 6.92 Å². The van der Waals surface area contributed by atoms with Crippen LogP contribution in [0.1, 0.15) is 11.3 Å². The maximum absolute atomic E-state index is 5.94. The third-order valence-corrected chi connectivity index (χ3v) is 4.38. The molecule has 0 aliphatic carbocycles. The number of anilines is 1. The molecule has 90 valence electrons. The van der Waals surface area contributed by atoms with Gasteiger partial charge in [-0.1, -0.05) is 33.6 Å². The molecule has 0 amide bonds. The van der Waals surface area contributed by atoms with E-state index in [4.69, 9.17) is 17.3 Å². The Morgan fingerprint density at radius 2 is 2.12 bits per heavy atom. The third-order valence-electron chi connectivity index (χ3n) is 2.43. The fourth-order valence-corrected chi connectivity index (χ4v) is 2.60. The van der Waals surface area contributed by atoms with E-state index in [0.717, 1.165) is 20.2 Å². The first-order valence-corrected chi connectivity index (χ1v) is 6.87. The maximum Gasteiger partial charge on any atom is 0.136 e. The normalized spacial score (nSPS) is 10.8. The predicted molar refractivity (Wildman–Crippen MR) is 77.3 cm³/mol. The molecule has 0 aliphatic heterocycles. The van der Waals surface area contributed by atoms with Gasteiger partial charge in [0, 0.05) is 9.50 Å². The van der Waals surface area contributed by atoms with Crippen LogP contribution < -0.4 is 5.73 Å². The van der Waals surface area contributed by atoms with Gasteiger partial charge in [-0.2, -0.15) is 5.10 Å². The lowest BCUT2D eigenvalue weighted by Gasteiger charge is -2.07. The zero-order valence-corrected chi connectivity index (χ0v) is 13.0. The van der Waals surface area contributed by atoms with Crippen LogP contribution in [-0.4, -0.2) is 9.78 Å². The first-order valence-electron chi connectivity index (χ1n) is 4.91. The lowest BCUT2D eigenvalue weighted by atomic mass is 10.2. The molecule has 3 nitrogen and oxygen atoms in total. The van der Waals surface area contributed by atoms with Gasteiger partial charge in [0.05, 0.1) is 16.7 Å². The highest BCUT2D eigenvalue weighted by molar-refractivity contribution is 9.11. The Morgan fingerprint density at radius 1 is 1.41 bits per heavy atom. The summed E-state index contributed by atoms with van der Waals surface area (Å²) < 4.78 is 3.56. The largest absolute Gasteiger partial charge is 0.383 e. The molecule has 1 aromatic heterocycles. The standard InChI is InChI=1S/C11H10Br2ClN3/c1-6-10(13)11(15)17(16-6)5-7-2-3-8(14)4-9(7)12/h2-4H,5,15H2,1H3. The molecule has 2 aromatic rings. The van der Waals surface area contributed by atoms with Gasteiger partial charge < -0.3 is 5.73 Å². The summed E-state index contributed by atoms with van der Waals surface area (Å²) >= 11 is 12.8. The van der Waals surface area contributed by atoms with Crippen molar-refractivity contribution in [2.24, 2.45) is 0 Å². The van der Waals surface area contributed by atoms with Crippen LogP contribution in [0.15, 0.2) is 27.1 Å². The minimum absolute atomic E-state index is 0.607.